The van der Waals surface area contributed by atoms with Gasteiger partial charge in [0, 0.05) is 27.5 Å². The first-order valence-electron chi connectivity index (χ1n) is 16.8. The van der Waals surface area contributed by atoms with Gasteiger partial charge in [0.2, 0.25) is 0 Å². The number of rotatable bonds is 4. The highest BCUT2D eigenvalue weighted by atomic mass is 16.3. The first-order valence-corrected chi connectivity index (χ1v) is 16.8. The minimum absolute atomic E-state index is 0.650. The Morgan fingerprint density at radius 3 is 2.04 bits per heavy atom. The maximum Gasteiger partial charge on any atom is 0.164 e. The summed E-state index contributed by atoms with van der Waals surface area (Å²) in [4.78, 5) is 15.4. The molecule has 0 saturated heterocycles. The number of aromatic nitrogens is 3. The van der Waals surface area contributed by atoms with Crippen LogP contribution in [-0.2, 0) is 6.42 Å². The number of fused-ring (bicyclic) bond motifs is 7. The Balaban J connectivity index is 1.19. The van der Waals surface area contributed by atoms with E-state index >= 15 is 0 Å². The highest BCUT2D eigenvalue weighted by Gasteiger charge is 2.18. The lowest BCUT2D eigenvalue weighted by Crippen LogP contribution is -2.01. The van der Waals surface area contributed by atoms with Crippen LogP contribution in [0.25, 0.3) is 94.8 Å². The summed E-state index contributed by atoms with van der Waals surface area (Å²) in [5, 5.41) is 6.95. The molecule has 230 valence electrons. The van der Waals surface area contributed by atoms with E-state index < -0.39 is 0 Å². The van der Waals surface area contributed by atoms with Crippen LogP contribution in [0.15, 0.2) is 150 Å². The highest BCUT2D eigenvalue weighted by molar-refractivity contribution is 6.16. The fraction of sp³-hybridized carbons (Fsp3) is 0.0444. The monoisotopic (exact) mass is 627 g/mol. The minimum atomic E-state index is 0.650. The van der Waals surface area contributed by atoms with Crippen LogP contribution in [-0.4, -0.2) is 15.0 Å². The van der Waals surface area contributed by atoms with Crippen molar-refractivity contribution in [2.24, 2.45) is 0 Å². The molecule has 0 radical (unpaired) electrons. The molecule has 0 aliphatic heterocycles. The van der Waals surface area contributed by atoms with Gasteiger partial charge >= 0.3 is 0 Å². The Morgan fingerprint density at radius 2 is 1.14 bits per heavy atom. The molecule has 0 spiro atoms. The molecule has 0 saturated carbocycles. The maximum atomic E-state index is 6.26. The van der Waals surface area contributed by atoms with Crippen molar-refractivity contribution in [2.45, 2.75) is 12.8 Å². The quantitative estimate of drug-likeness (QED) is 0.195. The zero-order valence-electron chi connectivity index (χ0n) is 26.6. The van der Waals surface area contributed by atoms with Crippen molar-refractivity contribution in [2.75, 3.05) is 0 Å². The van der Waals surface area contributed by atoms with Crippen LogP contribution >= 0.6 is 0 Å². The molecular weight excluding hydrogens is 599 g/mol. The third-order valence-electron chi connectivity index (χ3n) is 9.81. The van der Waals surface area contributed by atoms with E-state index in [4.69, 9.17) is 19.4 Å². The second-order valence-electron chi connectivity index (χ2n) is 12.7. The molecule has 0 bridgehead atoms. The first-order chi connectivity index (χ1) is 24.3. The summed E-state index contributed by atoms with van der Waals surface area (Å²) in [6.45, 7) is 0. The van der Waals surface area contributed by atoms with Crippen molar-refractivity contribution in [3.63, 3.8) is 0 Å². The standard InChI is InChI=1S/C45H29N3O/c1-2-12-30(13-3-1)43-46-44(31-26-25-29-24-23-28-11-4-5-14-32(28)39(29)27-31)48-45(47-43)37-20-9-16-33-34(17-8-18-35(33)37)36-19-10-22-41-42(36)38-15-6-7-21-40(38)49-41/h1-4,6-13,15-27H,5,14H2. The topological polar surface area (TPSA) is 51.8 Å². The van der Waals surface area contributed by atoms with Gasteiger partial charge in [0.15, 0.2) is 17.5 Å². The normalized spacial score (nSPS) is 12.7. The molecule has 9 aromatic rings. The fourth-order valence-electron chi connectivity index (χ4n) is 7.49. The van der Waals surface area contributed by atoms with Crippen LogP contribution < -0.4 is 0 Å². The summed E-state index contributed by atoms with van der Waals surface area (Å²) < 4.78 is 6.26. The maximum absolute atomic E-state index is 6.26. The molecule has 0 amide bonds. The number of allylic oxidation sites excluding steroid dienone is 1. The summed E-state index contributed by atoms with van der Waals surface area (Å²) >= 11 is 0. The van der Waals surface area contributed by atoms with Gasteiger partial charge in [-0.15, -0.1) is 0 Å². The van der Waals surface area contributed by atoms with E-state index in [1.807, 2.05) is 36.4 Å². The van der Waals surface area contributed by atoms with E-state index in [0.29, 0.717) is 17.5 Å². The number of benzene rings is 7. The lowest BCUT2D eigenvalue weighted by Gasteiger charge is -2.15. The summed E-state index contributed by atoms with van der Waals surface area (Å²) in [5.74, 6) is 1.97. The third-order valence-corrected chi connectivity index (χ3v) is 9.81. The lowest BCUT2D eigenvalue weighted by molar-refractivity contribution is 0.669. The molecule has 49 heavy (non-hydrogen) atoms. The van der Waals surface area contributed by atoms with Gasteiger partial charge in [-0.25, -0.2) is 15.0 Å². The molecule has 0 atom stereocenters. The van der Waals surface area contributed by atoms with Crippen LogP contribution in [0.2, 0.25) is 0 Å². The molecule has 10 rings (SSSR count). The molecule has 4 nitrogen and oxygen atoms in total. The average Bonchev–Trinajstić information content (AvgIpc) is 3.56. The van der Waals surface area contributed by atoms with E-state index in [9.17, 15) is 0 Å². The zero-order chi connectivity index (χ0) is 32.3. The Kier molecular flexibility index (Phi) is 6.28. The largest absolute Gasteiger partial charge is 0.456 e. The molecule has 1 aliphatic rings. The smallest absolute Gasteiger partial charge is 0.164 e. The van der Waals surface area contributed by atoms with E-state index in [2.05, 4.69) is 115 Å². The number of hydrogen-bond acceptors (Lipinski definition) is 4. The van der Waals surface area contributed by atoms with E-state index in [0.717, 1.165) is 73.4 Å². The van der Waals surface area contributed by atoms with E-state index in [-0.39, 0.29) is 0 Å². The number of furan rings is 1. The number of hydrogen-bond donors (Lipinski definition) is 0. The van der Waals surface area contributed by atoms with E-state index in [1.54, 1.807) is 0 Å². The molecule has 1 aliphatic carbocycles. The second-order valence-corrected chi connectivity index (χ2v) is 12.7. The zero-order valence-corrected chi connectivity index (χ0v) is 26.6. The summed E-state index contributed by atoms with van der Waals surface area (Å²) in [6, 6.07) is 48.7. The fourth-order valence-corrected chi connectivity index (χ4v) is 7.49. The third kappa shape index (κ3) is 4.56. The SMILES string of the molecule is C1=Cc2ccc3ccc(-c4nc(-c5ccccc5)nc(-c5cccc6c(-c7cccc8oc9ccccc9c78)cccc56)n4)cc3c2CC1. The number of aryl methyl sites for hydroxylation is 1. The Bertz CT molecular complexity index is 2780. The summed E-state index contributed by atoms with van der Waals surface area (Å²) in [7, 11) is 0. The van der Waals surface area contributed by atoms with E-state index in [1.165, 1.54) is 21.9 Å². The molecule has 7 aromatic carbocycles. The van der Waals surface area contributed by atoms with Crippen molar-refractivity contribution in [1.82, 2.24) is 15.0 Å². The van der Waals surface area contributed by atoms with Crippen molar-refractivity contribution >= 4 is 49.6 Å². The van der Waals surface area contributed by atoms with Crippen LogP contribution in [0.5, 0.6) is 0 Å². The predicted molar refractivity (Wildman–Crippen MR) is 201 cm³/mol. The molecule has 2 aromatic heterocycles. The van der Waals surface area contributed by atoms with Crippen molar-refractivity contribution in [3.05, 3.63) is 157 Å². The van der Waals surface area contributed by atoms with Gasteiger partial charge in [-0.3, -0.25) is 0 Å². The first kappa shape index (κ1) is 27.7. The molecule has 4 heteroatoms. The molecule has 0 unspecified atom stereocenters. The van der Waals surface area contributed by atoms with Crippen molar-refractivity contribution in [1.29, 1.82) is 0 Å². The summed E-state index contributed by atoms with van der Waals surface area (Å²) in [5.41, 5.74) is 9.64. The Labute approximate surface area is 283 Å². The van der Waals surface area contributed by atoms with Gasteiger partial charge in [0.25, 0.3) is 0 Å². The lowest BCUT2D eigenvalue weighted by atomic mass is 9.91. The Morgan fingerprint density at radius 1 is 0.469 bits per heavy atom. The van der Waals surface area contributed by atoms with Gasteiger partial charge in [0.1, 0.15) is 11.2 Å². The van der Waals surface area contributed by atoms with Gasteiger partial charge in [-0.05, 0) is 74.8 Å². The van der Waals surface area contributed by atoms with Gasteiger partial charge in [-0.2, -0.15) is 0 Å². The molecular formula is C45H29N3O. The number of para-hydroxylation sites is 1. The van der Waals surface area contributed by atoms with Gasteiger partial charge < -0.3 is 4.42 Å². The predicted octanol–water partition coefficient (Wildman–Crippen LogP) is 11.7. The molecule has 2 heterocycles. The molecule has 0 N–H and O–H groups in total. The van der Waals surface area contributed by atoms with Crippen LogP contribution in [0.4, 0.5) is 0 Å². The molecule has 0 fully saturated rings. The van der Waals surface area contributed by atoms with Crippen LogP contribution in [0.1, 0.15) is 17.5 Å². The van der Waals surface area contributed by atoms with Crippen molar-refractivity contribution < 1.29 is 4.42 Å². The summed E-state index contributed by atoms with van der Waals surface area (Å²) in [6.07, 6.45) is 6.59. The average molecular weight is 628 g/mol. The van der Waals surface area contributed by atoms with Crippen molar-refractivity contribution in [3.8, 4) is 45.3 Å². The van der Waals surface area contributed by atoms with Gasteiger partial charge in [0.05, 0.1) is 0 Å². The highest BCUT2D eigenvalue weighted by Crippen LogP contribution is 2.41. The Hall–Kier alpha value is -6.39. The van der Waals surface area contributed by atoms with Crippen LogP contribution in [0, 0.1) is 0 Å². The number of nitrogens with zero attached hydrogens (tertiary/aromatic N) is 3. The second kappa shape index (κ2) is 11.1. The van der Waals surface area contributed by atoms with Crippen LogP contribution in [0.3, 0.4) is 0 Å². The van der Waals surface area contributed by atoms with Gasteiger partial charge in [-0.1, -0.05) is 133 Å². The minimum Gasteiger partial charge on any atom is -0.456 e.